The molecule has 0 aliphatic carbocycles. The van der Waals surface area contributed by atoms with Crippen LogP contribution in [0.3, 0.4) is 0 Å². The van der Waals surface area contributed by atoms with E-state index < -0.39 is 0 Å². The number of thioether (sulfide) groups is 1. The molecular formula is C22H29N5OS. The number of aryl methyl sites for hydroxylation is 1. The smallest absolute Gasteiger partial charge is 0.227 e. The predicted octanol–water partition coefficient (Wildman–Crippen LogP) is 3.19. The van der Waals surface area contributed by atoms with Gasteiger partial charge >= 0.3 is 0 Å². The highest BCUT2D eigenvalue weighted by atomic mass is 32.2. The molecule has 1 aromatic carbocycles. The molecule has 2 aromatic rings. The third kappa shape index (κ3) is 5.28. The van der Waals surface area contributed by atoms with Crippen LogP contribution >= 0.6 is 11.8 Å². The van der Waals surface area contributed by atoms with E-state index in [2.05, 4.69) is 50.2 Å². The van der Waals surface area contributed by atoms with Crippen molar-refractivity contribution >= 4 is 29.3 Å². The van der Waals surface area contributed by atoms with E-state index >= 15 is 0 Å². The molecule has 2 fully saturated rings. The minimum Gasteiger partial charge on any atom is -0.341 e. The number of aromatic nitrogens is 2. The van der Waals surface area contributed by atoms with Gasteiger partial charge in [0.15, 0.2) is 0 Å². The van der Waals surface area contributed by atoms with Crippen LogP contribution in [0.5, 0.6) is 0 Å². The number of hydrogen-bond acceptors (Lipinski definition) is 6. The predicted molar refractivity (Wildman–Crippen MR) is 119 cm³/mol. The second kappa shape index (κ2) is 9.59. The zero-order valence-electron chi connectivity index (χ0n) is 17.0. The Labute approximate surface area is 177 Å². The molecule has 7 heteroatoms. The fourth-order valence-corrected chi connectivity index (χ4v) is 4.93. The Hall–Kier alpha value is -2.12. The van der Waals surface area contributed by atoms with Crippen LogP contribution in [0.4, 0.5) is 11.6 Å². The molecule has 1 amide bonds. The van der Waals surface area contributed by atoms with Crippen molar-refractivity contribution in [3.05, 3.63) is 47.8 Å². The summed E-state index contributed by atoms with van der Waals surface area (Å²) in [4.78, 5) is 26.2. The first-order valence-electron chi connectivity index (χ1n) is 10.4. The Morgan fingerprint density at radius 2 is 1.86 bits per heavy atom. The quantitative estimate of drug-likeness (QED) is 0.815. The lowest BCUT2D eigenvalue weighted by atomic mass is 9.95. The largest absolute Gasteiger partial charge is 0.341 e. The molecule has 0 saturated carbocycles. The maximum absolute atomic E-state index is 12.9. The minimum atomic E-state index is 0.0390. The summed E-state index contributed by atoms with van der Waals surface area (Å²) in [7, 11) is 0. The summed E-state index contributed by atoms with van der Waals surface area (Å²) in [5, 5.41) is 3.20. The lowest BCUT2D eigenvalue weighted by molar-refractivity contribution is -0.120. The number of carbonyl (C=O) groups is 1. The number of nitrogens with one attached hydrogen (secondary N) is 1. The molecule has 3 heterocycles. The third-order valence-electron chi connectivity index (χ3n) is 5.77. The number of carbonyl (C=O) groups excluding carboxylic acids is 1. The van der Waals surface area contributed by atoms with E-state index in [1.165, 1.54) is 17.1 Å². The van der Waals surface area contributed by atoms with Crippen molar-refractivity contribution in [1.82, 2.24) is 14.9 Å². The molecule has 2 saturated heterocycles. The van der Waals surface area contributed by atoms with E-state index in [1.54, 1.807) is 12.4 Å². The summed E-state index contributed by atoms with van der Waals surface area (Å²) in [6.07, 6.45) is 5.18. The van der Waals surface area contributed by atoms with Crippen LogP contribution in [0.1, 0.15) is 24.0 Å². The fourth-order valence-electron chi connectivity index (χ4n) is 3.95. The number of amides is 1. The molecule has 0 radical (unpaired) electrons. The molecule has 1 N–H and O–H groups in total. The van der Waals surface area contributed by atoms with Gasteiger partial charge in [0.2, 0.25) is 11.9 Å². The highest BCUT2D eigenvalue weighted by Crippen LogP contribution is 2.24. The Bertz CT molecular complexity index is 817. The van der Waals surface area contributed by atoms with Crippen LogP contribution in [-0.4, -0.2) is 58.5 Å². The van der Waals surface area contributed by atoms with Gasteiger partial charge in [-0.25, -0.2) is 9.97 Å². The molecule has 154 valence electrons. The minimum absolute atomic E-state index is 0.0390. The van der Waals surface area contributed by atoms with Crippen molar-refractivity contribution in [3.8, 4) is 0 Å². The molecule has 1 aromatic heterocycles. The average Bonchev–Trinajstić information content (AvgIpc) is 2.77. The lowest BCUT2D eigenvalue weighted by Crippen LogP contribution is -2.39. The highest BCUT2D eigenvalue weighted by Gasteiger charge is 2.26. The molecule has 0 bridgehead atoms. The SMILES string of the molecule is Cc1ccc(CN2CCSCC2)cc1NC(=O)C1CCN(c2ncccn2)CC1. The van der Waals surface area contributed by atoms with Gasteiger partial charge in [-0.05, 0) is 43.0 Å². The third-order valence-corrected chi connectivity index (χ3v) is 6.71. The van der Waals surface area contributed by atoms with Gasteiger partial charge < -0.3 is 10.2 Å². The van der Waals surface area contributed by atoms with Gasteiger partial charge in [0.25, 0.3) is 0 Å². The summed E-state index contributed by atoms with van der Waals surface area (Å²) in [6, 6.07) is 8.29. The molecule has 6 nitrogen and oxygen atoms in total. The molecule has 4 rings (SSSR count). The van der Waals surface area contributed by atoms with Crippen molar-refractivity contribution < 1.29 is 4.79 Å². The molecule has 0 atom stereocenters. The van der Waals surface area contributed by atoms with Gasteiger partial charge in [0.05, 0.1) is 0 Å². The molecule has 0 spiro atoms. The van der Waals surface area contributed by atoms with Crippen molar-refractivity contribution in [1.29, 1.82) is 0 Å². The Morgan fingerprint density at radius 1 is 1.14 bits per heavy atom. The normalized spacial score (nSPS) is 18.6. The van der Waals surface area contributed by atoms with E-state index in [-0.39, 0.29) is 11.8 Å². The molecular weight excluding hydrogens is 382 g/mol. The van der Waals surface area contributed by atoms with E-state index in [4.69, 9.17) is 0 Å². The highest BCUT2D eigenvalue weighted by molar-refractivity contribution is 7.99. The first kappa shape index (κ1) is 20.2. The second-order valence-electron chi connectivity index (χ2n) is 7.84. The first-order valence-corrected chi connectivity index (χ1v) is 11.6. The molecule has 0 unspecified atom stereocenters. The van der Waals surface area contributed by atoms with Crippen molar-refractivity contribution in [2.75, 3.05) is 47.9 Å². The maximum Gasteiger partial charge on any atom is 0.227 e. The summed E-state index contributed by atoms with van der Waals surface area (Å²) < 4.78 is 0. The number of rotatable bonds is 5. The summed E-state index contributed by atoms with van der Waals surface area (Å²) in [5.41, 5.74) is 3.34. The lowest BCUT2D eigenvalue weighted by Gasteiger charge is -2.31. The second-order valence-corrected chi connectivity index (χ2v) is 9.06. The number of hydrogen-bond donors (Lipinski definition) is 1. The molecule has 2 aliphatic rings. The number of nitrogens with zero attached hydrogens (tertiary/aromatic N) is 4. The van der Waals surface area contributed by atoms with Crippen LogP contribution in [-0.2, 0) is 11.3 Å². The topological polar surface area (TPSA) is 61.4 Å². The Balaban J connectivity index is 1.34. The maximum atomic E-state index is 12.9. The van der Waals surface area contributed by atoms with Gasteiger partial charge in [0, 0.05) is 68.2 Å². The van der Waals surface area contributed by atoms with E-state index in [1.807, 2.05) is 17.8 Å². The van der Waals surface area contributed by atoms with Crippen molar-refractivity contribution in [2.45, 2.75) is 26.3 Å². The zero-order valence-corrected chi connectivity index (χ0v) is 17.8. The molecule has 2 aliphatic heterocycles. The number of benzene rings is 1. The number of anilines is 2. The van der Waals surface area contributed by atoms with Crippen LogP contribution < -0.4 is 10.2 Å². The van der Waals surface area contributed by atoms with Gasteiger partial charge in [0.1, 0.15) is 0 Å². The monoisotopic (exact) mass is 411 g/mol. The van der Waals surface area contributed by atoms with Crippen molar-refractivity contribution in [3.63, 3.8) is 0 Å². The number of piperidine rings is 1. The van der Waals surface area contributed by atoms with Crippen molar-refractivity contribution in [2.24, 2.45) is 5.92 Å². The summed E-state index contributed by atoms with van der Waals surface area (Å²) in [6.45, 7) is 6.93. The van der Waals surface area contributed by atoms with Crippen LogP contribution in [0, 0.1) is 12.8 Å². The average molecular weight is 412 g/mol. The van der Waals surface area contributed by atoms with Crippen LogP contribution in [0.25, 0.3) is 0 Å². The fraction of sp³-hybridized carbons (Fsp3) is 0.500. The van der Waals surface area contributed by atoms with E-state index in [0.29, 0.717) is 0 Å². The van der Waals surface area contributed by atoms with E-state index in [0.717, 1.165) is 62.8 Å². The summed E-state index contributed by atoms with van der Waals surface area (Å²) in [5.74, 6) is 3.35. The van der Waals surface area contributed by atoms with Crippen LogP contribution in [0.2, 0.25) is 0 Å². The zero-order chi connectivity index (χ0) is 20.1. The van der Waals surface area contributed by atoms with Gasteiger partial charge in [-0.1, -0.05) is 12.1 Å². The van der Waals surface area contributed by atoms with Crippen LogP contribution in [0.15, 0.2) is 36.7 Å². The van der Waals surface area contributed by atoms with Gasteiger partial charge in [-0.15, -0.1) is 0 Å². The van der Waals surface area contributed by atoms with E-state index in [9.17, 15) is 4.79 Å². The Morgan fingerprint density at radius 3 is 2.59 bits per heavy atom. The standard InChI is InChI=1S/C22H29N5OS/c1-17-3-4-18(16-26-11-13-29-14-12-26)15-20(17)25-21(28)19-5-9-27(10-6-19)22-23-7-2-8-24-22/h2-4,7-8,15,19H,5-6,9-14,16H2,1H3,(H,25,28). The van der Waals surface area contributed by atoms with Gasteiger partial charge in [-0.3, -0.25) is 9.69 Å². The molecule has 29 heavy (non-hydrogen) atoms. The van der Waals surface area contributed by atoms with Gasteiger partial charge in [-0.2, -0.15) is 11.8 Å². The summed E-state index contributed by atoms with van der Waals surface area (Å²) >= 11 is 2.03. The first-order chi connectivity index (χ1) is 14.2. The Kier molecular flexibility index (Phi) is 6.67.